The number of esters is 1. The van der Waals surface area contributed by atoms with Crippen LogP contribution in [0.4, 0.5) is 0 Å². The number of hydrogen-bond donors (Lipinski definition) is 1. The number of amides is 1. The lowest BCUT2D eigenvalue weighted by atomic mass is 10.1. The van der Waals surface area contributed by atoms with Gasteiger partial charge in [0, 0.05) is 29.7 Å². The van der Waals surface area contributed by atoms with Gasteiger partial charge in [-0.15, -0.1) is 0 Å². The predicted molar refractivity (Wildman–Crippen MR) is 71.9 cm³/mol. The fraction of sp³-hybridized carbons (Fsp3) is 0.286. The van der Waals surface area contributed by atoms with Crippen LogP contribution in [0.15, 0.2) is 30.5 Å². The van der Waals surface area contributed by atoms with Crippen molar-refractivity contribution in [2.24, 2.45) is 0 Å². The quantitative estimate of drug-likeness (QED) is 0.853. The lowest BCUT2D eigenvalue weighted by Gasteiger charge is -2.16. The van der Waals surface area contributed by atoms with Crippen LogP contribution in [0.3, 0.4) is 0 Å². The number of carbonyl (C=O) groups excluding carboxylic acids is 2. The first-order valence-corrected chi connectivity index (χ1v) is 6.10. The highest BCUT2D eigenvalue weighted by Gasteiger charge is 2.15. The van der Waals surface area contributed by atoms with Gasteiger partial charge in [-0.2, -0.15) is 0 Å². The van der Waals surface area contributed by atoms with E-state index < -0.39 is 5.97 Å². The van der Waals surface area contributed by atoms with Crippen LogP contribution >= 0.6 is 0 Å². The number of nitrogens with one attached hydrogen (secondary N) is 1. The Morgan fingerprint density at radius 1 is 1.32 bits per heavy atom. The van der Waals surface area contributed by atoms with Crippen molar-refractivity contribution in [1.29, 1.82) is 0 Å². The Morgan fingerprint density at radius 2 is 2.11 bits per heavy atom. The number of benzene rings is 1. The van der Waals surface area contributed by atoms with Gasteiger partial charge in [-0.3, -0.25) is 9.59 Å². The fourth-order valence-corrected chi connectivity index (χ4v) is 1.88. The van der Waals surface area contributed by atoms with Crippen LogP contribution in [-0.2, 0) is 9.53 Å². The average molecular weight is 260 g/mol. The molecule has 0 saturated carbocycles. The SMILES string of the molecule is CCOC(=O)CN(C)C(=O)c1ccc2[nH]ccc2c1. The summed E-state index contributed by atoms with van der Waals surface area (Å²) in [6.45, 7) is 2.01. The Kier molecular flexibility index (Phi) is 3.85. The highest BCUT2D eigenvalue weighted by molar-refractivity contribution is 5.99. The van der Waals surface area contributed by atoms with E-state index in [0.29, 0.717) is 12.2 Å². The molecule has 2 rings (SSSR count). The lowest BCUT2D eigenvalue weighted by molar-refractivity contribution is -0.143. The molecule has 0 radical (unpaired) electrons. The highest BCUT2D eigenvalue weighted by Crippen LogP contribution is 2.15. The number of H-pyrrole nitrogens is 1. The van der Waals surface area contributed by atoms with E-state index in [2.05, 4.69) is 4.98 Å². The monoisotopic (exact) mass is 260 g/mol. The summed E-state index contributed by atoms with van der Waals surface area (Å²) in [7, 11) is 1.58. The molecule has 0 saturated heterocycles. The van der Waals surface area contributed by atoms with Crippen LogP contribution < -0.4 is 0 Å². The number of nitrogens with zero attached hydrogens (tertiary/aromatic N) is 1. The summed E-state index contributed by atoms with van der Waals surface area (Å²) in [5, 5.41) is 0.968. The zero-order valence-electron chi connectivity index (χ0n) is 11.0. The molecule has 19 heavy (non-hydrogen) atoms. The van der Waals surface area contributed by atoms with Crippen molar-refractivity contribution in [2.75, 3.05) is 20.2 Å². The molecule has 0 spiro atoms. The molecule has 2 aromatic rings. The molecule has 0 bridgehead atoms. The van der Waals surface area contributed by atoms with Crippen molar-refractivity contribution >= 4 is 22.8 Å². The molecule has 0 aliphatic heterocycles. The molecule has 0 atom stereocenters. The van der Waals surface area contributed by atoms with Gasteiger partial charge in [0.15, 0.2) is 0 Å². The third kappa shape index (κ3) is 2.93. The van der Waals surface area contributed by atoms with Crippen molar-refractivity contribution in [3.8, 4) is 0 Å². The van der Waals surface area contributed by atoms with Crippen LogP contribution in [0.5, 0.6) is 0 Å². The number of carbonyl (C=O) groups is 2. The third-order valence-corrected chi connectivity index (χ3v) is 2.82. The van der Waals surface area contributed by atoms with E-state index in [4.69, 9.17) is 4.74 Å². The normalized spacial score (nSPS) is 10.4. The Bertz CT molecular complexity index is 604. The van der Waals surface area contributed by atoms with E-state index in [1.54, 1.807) is 26.1 Å². The summed E-state index contributed by atoms with van der Waals surface area (Å²) in [5.74, 6) is -0.600. The minimum Gasteiger partial charge on any atom is -0.465 e. The molecule has 1 N–H and O–H groups in total. The molecular formula is C14H16N2O3. The summed E-state index contributed by atoms with van der Waals surface area (Å²) in [4.78, 5) is 27.9. The van der Waals surface area contributed by atoms with Gasteiger partial charge in [0.25, 0.3) is 5.91 Å². The molecule has 5 heteroatoms. The lowest BCUT2D eigenvalue weighted by Crippen LogP contribution is -2.33. The van der Waals surface area contributed by atoms with Crippen molar-refractivity contribution in [3.05, 3.63) is 36.0 Å². The zero-order chi connectivity index (χ0) is 13.8. The first kappa shape index (κ1) is 13.1. The minimum atomic E-state index is -0.402. The van der Waals surface area contributed by atoms with Gasteiger partial charge in [-0.05, 0) is 31.2 Å². The van der Waals surface area contributed by atoms with Gasteiger partial charge in [0.1, 0.15) is 6.54 Å². The second-order valence-corrected chi connectivity index (χ2v) is 4.25. The molecule has 0 aliphatic rings. The Hall–Kier alpha value is -2.30. The van der Waals surface area contributed by atoms with Gasteiger partial charge in [-0.1, -0.05) is 0 Å². The van der Waals surface area contributed by atoms with E-state index in [9.17, 15) is 9.59 Å². The number of fused-ring (bicyclic) bond motifs is 1. The van der Waals surface area contributed by atoms with Gasteiger partial charge >= 0.3 is 5.97 Å². The first-order chi connectivity index (χ1) is 9.11. The molecule has 1 aromatic carbocycles. The highest BCUT2D eigenvalue weighted by atomic mass is 16.5. The van der Waals surface area contributed by atoms with Crippen LogP contribution in [0.25, 0.3) is 10.9 Å². The van der Waals surface area contributed by atoms with Gasteiger partial charge in [0.05, 0.1) is 6.61 Å². The topological polar surface area (TPSA) is 62.4 Å². The maximum Gasteiger partial charge on any atom is 0.325 e. The van der Waals surface area contributed by atoms with E-state index in [-0.39, 0.29) is 12.5 Å². The van der Waals surface area contributed by atoms with Crippen molar-refractivity contribution in [1.82, 2.24) is 9.88 Å². The maximum absolute atomic E-state index is 12.2. The second-order valence-electron chi connectivity index (χ2n) is 4.25. The summed E-state index contributed by atoms with van der Waals surface area (Å²) in [5.41, 5.74) is 1.53. The van der Waals surface area contributed by atoms with Crippen LogP contribution in [0.1, 0.15) is 17.3 Å². The molecule has 1 aromatic heterocycles. The van der Waals surface area contributed by atoms with Crippen LogP contribution in [0, 0.1) is 0 Å². The Balaban J connectivity index is 2.11. The fourth-order valence-electron chi connectivity index (χ4n) is 1.88. The molecule has 100 valence electrons. The second kappa shape index (κ2) is 5.56. The number of aromatic amines is 1. The van der Waals surface area contributed by atoms with Crippen molar-refractivity contribution in [2.45, 2.75) is 6.92 Å². The number of hydrogen-bond acceptors (Lipinski definition) is 3. The number of rotatable bonds is 4. The largest absolute Gasteiger partial charge is 0.465 e. The zero-order valence-corrected chi connectivity index (χ0v) is 11.0. The first-order valence-electron chi connectivity index (χ1n) is 6.10. The van der Waals surface area contributed by atoms with Crippen LogP contribution in [0.2, 0.25) is 0 Å². The molecule has 0 unspecified atom stereocenters. The number of aromatic nitrogens is 1. The summed E-state index contributed by atoms with van der Waals surface area (Å²) < 4.78 is 4.82. The smallest absolute Gasteiger partial charge is 0.325 e. The van der Waals surface area contributed by atoms with Crippen LogP contribution in [-0.4, -0.2) is 42.0 Å². The number of likely N-dealkylation sites (N-methyl/N-ethyl adjacent to an activating group) is 1. The minimum absolute atomic E-state index is 0.0438. The van der Waals surface area contributed by atoms with E-state index in [1.807, 2.05) is 18.3 Å². The van der Waals surface area contributed by atoms with E-state index >= 15 is 0 Å². The molecule has 1 amide bonds. The molecular weight excluding hydrogens is 244 g/mol. The van der Waals surface area contributed by atoms with E-state index in [1.165, 1.54) is 4.90 Å². The summed E-state index contributed by atoms with van der Waals surface area (Å²) in [6, 6.07) is 7.29. The Labute approximate surface area is 111 Å². The predicted octanol–water partition coefficient (Wildman–Crippen LogP) is 1.80. The van der Waals surface area contributed by atoms with Gasteiger partial charge in [-0.25, -0.2) is 0 Å². The summed E-state index contributed by atoms with van der Waals surface area (Å²) >= 11 is 0. The summed E-state index contributed by atoms with van der Waals surface area (Å²) in [6.07, 6.45) is 1.82. The maximum atomic E-state index is 12.2. The number of ether oxygens (including phenoxy) is 1. The molecule has 5 nitrogen and oxygen atoms in total. The van der Waals surface area contributed by atoms with Crippen molar-refractivity contribution < 1.29 is 14.3 Å². The van der Waals surface area contributed by atoms with Gasteiger partial charge in [0.2, 0.25) is 0 Å². The Morgan fingerprint density at radius 3 is 2.84 bits per heavy atom. The van der Waals surface area contributed by atoms with E-state index in [0.717, 1.165) is 10.9 Å². The average Bonchev–Trinajstić information content (AvgIpc) is 2.85. The van der Waals surface area contributed by atoms with Gasteiger partial charge < -0.3 is 14.6 Å². The molecule has 0 aliphatic carbocycles. The molecule has 1 heterocycles. The standard InChI is InChI=1S/C14H16N2O3/c1-3-19-13(17)9-16(2)14(18)11-4-5-12-10(8-11)6-7-15-12/h4-8,15H,3,9H2,1-2H3. The van der Waals surface area contributed by atoms with Crippen molar-refractivity contribution in [3.63, 3.8) is 0 Å². The molecule has 0 fully saturated rings. The third-order valence-electron chi connectivity index (χ3n) is 2.82.